The van der Waals surface area contributed by atoms with E-state index in [1.54, 1.807) is 12.1 Å². The van der Waals surface area contributed by atoms with E-state index in [4.69, 9.17) is 4.42 Å². The summed E-state index contributed by atoms with van der Waals surface area (Å²) in [6, 6.07) is 2.98. The van der Waals surface area contributed by atoms with Crippen LogP contribution in [0.15, 0.2) is 22.8 Å². The molecular weight excluding hydrogens is 384 g/mol. The van der Waals surface area contributed by atoms with Crippen molar-refractivity contribution in [3.05, 3.63) is 24.2 Å². The van der Waals surface area contributed by atoms with Crippen LogP contribution in [0.1, 0.15) is 50.7 Å². The van der Waals surface area contributed by atoms with Crippen molar-refractivity contribution in [2.24, 2.45) is 5.92 Å². The molecule has 4 amide bonds. The summed E-state index contributed by atoms with van der Waals surface area (Å²) in [5.74, 6) is 0.829. The van der Waals surface area contributed by atoms with E-state index in [0.29, 0.717) is 24.1 Å². The molecule has 1 N–H and O–H groups in total. The second kappa shape index (κ2) is 9.20. The first-order valence-electron chi connectivity index (χ1n) is 11.1. The van der Waals surface area contributed by atoms with Gasteiger partial charge in [-0.2, -0.15) is 0 Å². The number of hydrogen-bond donors (Lipinski definition) is 1. The maximum Gasteiger partial charge on any atom is 0.325 e. The van der Waals surface area contributed by atoms with Crippen LogP contribution in [0, 0.1) is 5.92 Å². The Morgan fingerprint density at radius 3 is 2.87 bits per heavy atom. The van der Waals surface area contributed by atoms with E-state index >= 15 is 0 Å². The quantitative estimate of drug-likeness (QED) is 0.689. The standard InChI is InChI=1S/C22H32N4O4/c1-24(14-16-6-4-12-25-11-3-2-8-19(16)25)20(27)10-9-18-21(28)26(22(29)23-18)15-17-7-5-13-30-17/h5,7,13,16,18-19H,2-4,6,8-12,14-15H2,1H3,(H,23,29)/t16-,18+,19+/m0/s1. The van der Waals surface area contributed by atoms with Gasteiger partial charge in [0.25, 0.3) is 5.91 Å². The van der Waals surface area contributed by atoms with Crippen molar-refractivity contribution < 1.29 is 18.8 Å². The van der Waals surface area contributed by atoms with Gasteiger partial charge in [-0.25, -0.2) is 4.79 Å². The molecule has 0 bridgehead atoms. The summed E-state index contributed by atoms with van der Waals surface area (Å²) in [6.07, 6.45) is 8.28. The summed E-state index contributed by atoms with van der Waals surface area (Å²) >= 11 is 0. The van der Waals surface area contributed by atoms with Gasteiger partial charge in [0.15, 0.2) is 0 Å². The third-order valence-electron chi connectivity index (χ3n) is 6.81. The van der Waals surface area contributed by atoms with Crippen LogP contribution in [0.4, 0.5) is 4.79 Å². The highest BCUT2D eigenvalue weighted by Crippen LogP contribution is 2.31. The number of fused-ring (bicyclic) bond motifs is 1. The fourth-order valence-electron chi connectivity index (χ4n) is 5.18. The Labute approximate surface area is 177 Å². The molecule has 3 aliphatic rings. The van der Waals surface area contributed by atoms with Crippen LogP contribution < -0.4 is 5.32 Å². The van der Waals surface area contributed by atoms with Crippen molar-refractivity contribution in [1.29, 1.82) is 0 Å². The number of amides is 4. The number of furan rings is 1. The Hall–Kier alpha value is -2.35. The molecule has 4 heterocycles. The molecule has 0 radical (unpaired) electrons. The Morgan fingerprint density at radius 2 is 2.07 bits per heavy atom. The van der Waals surface area contributed by atoms with E-state index in [1.165, 1.54) is 51.5 Å². The number of hydrogen-bond acceptors (Lipinski definition) is 5. The molecule has 8 heteroatoms. The Kier molecular flexibility index (Phi) is 6.41. The van der Waals surface area contributed by atoms with Gasteiger partial charge in [-0.3, -0.25) is 14.5 Å². The Bertz CT molecular complexity index is 763. The topological polar surface area (TPSA) is 86.1 Å². The van der Waals surface area contributed by atoms with Gasteiger partial charge in [0.2, 0.25) is 5.91 Å². The van der Waals surface area contributed by atoms with E-state index in [1.807, 2.05) is 11.9 Å². The van der Waals surface area contributed by atoms with Crippen LogP contribution >= 0.6 is 0 Å². The molecule has 3 aliphatic heterocycles. The van der Waals surface area contributed by atoms with Gasteiger partial charge in [-0.15, -0.1) is 0 Å². The summed E-state index contributed by atoms with van der Waals surface area (Å²) in [7, 11) is 1.86. The Morgan fingerprint density at radius 1 is 1.23 bits per heavy atom. The molecule has 3 fully saturated rings. The van der Waals surface area contributed by atoms with Crippen molar-refractivity contribution in [3.8, 4) is 0 Å². The molecule has 0 aliphatic carbocycles. The number of nitrogens with zero attached hydrogens (tertiary/aromatic N) is 3. The molecule has 164 valence electrons. The molecule has 4 rings (SSSR count). The van der Waals surface area contributed by atoms with E-state index in [2.05, 4.69) is 10.2 Å². The van der Waals surface area contributed by atoms with Crippen LogP contribution in [-0.2, 0) is 16.1 Å². The molecule has 30 heavy (non-hydrogen) atoms. The molecule has 0 aromatic carbocycles. The normalized spacial score (nSPS) is 27.1. The summed E-state index contributed by atoms with van der Waals surface area (Å²) in [5, 5.41) is 2.70. The first kappa shape index (κ1) is 20.9. The van der Waals surface area contributed by atoms with Crippen LogP contribution in [0.5, 0.6) is 0 Å². The number of rotatable bonds is 7. The van der Waals surface area contributed by atoms with Gasteiger partial charge < -0.3 is 19.5 Å². The largest absolute Gasteiger partial charge is 0.467 e. The van der Waals surface area contributed by atoms with Crippen LogP contribution in [0.3, 0.4) is 0 Å². The third kappa shape index (κ3) is 4.53. The van der Waals surface area contributed by atoms with Crippen molar-refractivity contribution in [2.75, 3.05) is 26.7 Å². The molecule has 0 unspecified atom stereocenters. The predicted octanol–water partition coefficient (Wildman–Crippen LogP) is 2.20. The minimum Gasteiger partial charge on any atom is -0.467 e. The molecule has 3 atom stereocenters. The molecule has 1 aromatic heterocycles. The monoisotopic (exact) mass is 416 g/mol. The lowest BCUT2D eigenvalue weighted by molar-refractivity contribution is -0.132. The SMILES string of the molecule is CN(C[C@@H]1CCCN2CCCC[C@H]12)C(=O)CC[C@H]1NC(=O)N(Cc2ccco2)C1=O. The lowest BCUT2D eigenvalue weighted by atomic mass is 9.83. The average Bonchev–Trinajstić information content (AvgIpc) is 3.36. The molecule has 1 aromatic rings. The zero-order chi connectivity index (χ0) is 21.1. The van der Waals surface area contributed by atoms with Crippen molar-refractivity contribution >= 4 is 17.8 Å². The van der Waals surface area contributed by atoms with E-state index in [0.717, 1.165) is 11.4 Å². The number of nitrogens with one attached hydrogen (secondary N) is 1. The highest BCUT2D eigenvalue weighted by Gasteiger charge is 2.39. The second-order valence-electron chi connectivity index (χ2n) is 8.82. The average molecular weight is 417 g/mol. The molecule has 3 saturated heterocycles. The summed E-state index contributed by atoms with van der Waals surface area (Å²) in [4.78, 5) is 43.0. The predicted molar refractivity (Wildman–Crippen MR) is 110 cm³/mol. The smallest absolute Gasteiger partial charge is 0.325 e. The van der Waals surface area contributed by atoms with E-state index in [9.17, 15) is 14.4 Å². The lowest BCUT2D eigenvalue weighted by Crippen LogP contribution is -2.51. The first-order chi connectivity index (χ1) is 14.5. The van der Waals surface area contributed by atoms with Crippen LogP contribution in [-0.4, -0.2) is 71.3 Å². The summed E-state index contributed by atoms with van der Waals surface area (Å²) < 4.78 is 5.23. The van der Waals surface area contributed by atoms with Crippen molar-refractivity contribution in [3.63, 3.8) is 0 Å². The second-order valence-corrected chi connectivity index (χ2v) is 8.82. The van der Waals surface area contributed by atoms with E-state index < -0.39 is 12.1 Å². The number of urea groups is 1. The maximum absolute atomic E-state index is 12.7. The number of imide groups is 1. The highest BCUT2D eigenvalue weighted by atomic mass is 16.3. The van der Waals surface area contributed by atoms with E-state index in [-0.39, 0.29) is 24.8 Å². The minimum atomic E-state index is -0.645. The number of carbonyl (C=O) groups is 3. The fourth-order valence-corrected chi connectivity index (χ4v) is 5.18. The molecular formula is C22H32N4O4. The first-order valence-corrected chi connectivity index (χ1v) is 11.1. The van der Waals surface area contributed by atoms with Gasteiger partial charge in [0, 0.05) is 26.1 Å². The van der Waals surface area contributed by atoms with Gasteiger partial charge in [0.05, 0.1) is 12.8 Å². The minimum absolute atomic E-state index is 0.0365. The van der Waals surface area contributed by atoms with Gasteiger partial charge in [-0.1, -0.05) is 6.42 Å². The lowest BCUT2D eigenvalue weighted by Gasteiger charge is -2.45. The zero-order valence-corrected chi connectivity index (χ0v) is 17.7. The molecule has 8 nitrogen and oxygen atoms in total. The zero-order valence-electron chi connectivity index (χ0n) is 17.7. The summed E-state index contributed by atoms with van der Waals surface area (Å²) in [5.41, 5.74) is 0. The number of carbonyl (C=O) groups excluding carboxylic acids is 3. The third-order valence-corrected chi connectivity index (χ3v) is 6.81. The van der Waals surface area contributed by atoms with Crippen LogP contribution in [0.25, 0.3) is 0 Å². The Balaban J connectivity index is 1.26. The number of piperidine rings is 2. The fraction of sp³-hybridized carbons (Fsp3) is 0.682. The van der Waals surface area contributed by atoms with Gasteiger partial charge in [-0.05, 0) is 63.2 Å². The van der Waals surface area contributed by atoms with Crippen molar-refractivity contribution in [1.82, 2.24) is 20.0 Å². The maximum atomic E-state index is 12.7. The summed E-state index contributed by atoms with van der Waals surface area (Å²) in [6.45, 7) is 3.27. The van der Waals surface area contributed by atoms with Crippen molar-refractivity contribution in [2.45, 2.75) is 63.6 Å². The highest BCUT2D eigenvalue weighted by molar-refractivity contribution is 6.04. The molecule has 0 spiro atoms. The van der Waals surface area contributed by atoms with Crippen LogP contribution in [0.2, 0.25) is 0 Å². The van der Waals surface area contributed by atoms with Gasteiger partial charge >= 0.3 is 6.03 Å². The molecule has 0 saturated carbocycles. The van der Waals surface area contributed by atoms with Gasteiger partial charge in [0.1, 0.15) is 11.8 Å².